The summed E-state index contributed by atoms with van der Waals surface area (Å²) in [4.78, 5) is 10.5. The van der Waals surface area contributed by atoms with E-state index in [2.05, 4.69) is 0 Å². The molecule has 0 aliphatic heterocycles. The minimum atomic E-state index is -0.950. The van der Waals surface area contributed by atoms with Gasteiger partial charge in [0.05, 0.1) is 5.52 Å². The highest BCUT2D eigenvalue weighted by atomic mass is 16.5. The molecule has 0 atom stereocenters. The lowest BCUT2D eigenvalue weighted by molar-refractivity contribution is -0.131. The molecule has 4 nitrogen and oxygen atoms in total. The van der Waals surface area contributed by atoms with Gasteiger partial charge in [0, 0.05) is 30.3 Å². The van der Waals surface area contributed by atoms with E-state index in [4.69, 9.17) is 9.84 Å². The summed E-state index contributed by atoms with van der Waals surface area (Å²) >= 11 is 0. The Morgan fingerprint density at radius 3 is 2.94 bits per heavy atom. The van der Waals surface area contributed by atoms with Gasteiger partial charge in [-0.1, -0.05) is 18.2 Å². The molecule has 0 radical (unpaired) electrons. The molecule has 1 aromatic heterocycles. The average molecular weight is 231 g/mol. The SMILES string of the molecule is COCn1cc(/C=C/C(=O)O)c2ccccc21. The zero-order valence-electron chi connectivity index (χ0n) is 9.46. The van der Waals surface area contributed by atoms with Gasteiger partial charge in [0.25, 0.3) is 0 Å². The van der Waals surface area contributed by atoms with Gasteiger partial charge in [0.2, 0.25) is 0 Å². The summed E-state index contributed by atoms with van der Waals surface area (Å²) in [5, 5.41) is 9.65. The molecule has 2 aromatic rings. The average Bonchev–Trinajstić information content (AvgIpc) is 2.66. The van der Waals surface area contributed by atoms with Gasteiger partial charge >= 0.3 is 5.97 Å². The van der Waals surface area contributed by atoms with Crippen LogP contribution in [0, 0.1) is 0 Å². The van der Waals surface area contributed by atoms with Gasteiger partial charge in [0.1, 0.15) is 6.73 Å². The summed E-state index contributed by atoms with van der Waals surface area (Å²) < 4.78 is 7.04. The Morgan fingerprint density at radius 2 is 2.24 bits per heavy atom. The highest BCUT2D eigenvalue weighted by Crippen LogP contribution is 2.22. The number of nitrogens with zero attached hydrogens (tertiary/aromatic N) is 1. The van der Waals surface area contributed by atoms with Gasteiger partial charge in [-0.2, -0.15) is 0 Å². The maximum absolute atomic E-state index is 10.5. The van der Waals surface area contributed by atoms with Crippen LogP contribution in [0.2, 0.25) is 0 Å². The molecular formula is C13H13NO3. The smallest absolute Gasteiger partial charge is 0.328 e. The topological polar surface area (TPSA) is 51.5 Å². The van der Waals surface area contributed by atoms with Crippen LogP contribution in [0.4, 0.5) is 0 Å². The number of fused-ring (bicyclic) bond motifs is 1. The molecule has 0 aliphatic carbocycles. The lowest BCUT2D eigenvalue weighted by atomic mass is 10.1. The molecule has 0 aliphatic rings. The fraction of sp³-hybridized carbons (Fsp3) is 0.154. The van der Waals surface area contributed by atoms with Gasteiger partial charge in [-0.15, -0.1) is 0 Å². The van der Waals surface area contributed by atoms with E-state index >= 15 is 0 Å². The highest BCUT2D eigenvalue weighted by Gasteiger charge is 2.05. The molecule has 1 N–H and O–H groups in total. The van der Waals surface area contributed by atoms with Crippen molar-refractivity contribution in [1.82, 2.24) is 4.57 Å². The lowest BCUT2D eigenvalue weighted by Crippen LogP contribution is -1.96. The number of hydrogen-bond acceptors (Lipinski definition) is 2. The second-order valence-electron chi connectivity index (χ2n) is 3.66. The number of hydrogen-bond donors (Lipinski definition) is 1. The van der Waals surface area contributed by atoms with Crippen LogP contribution in [-0.2, 0) is 16.3 Å². The van der Waals surface area contributed by atoms with E-state index in [1.807, 2.05) is 35.0 Å². The van der Waals surface area contributed by atoms with Crippen molar-refractivity contribution in [2.24, 2.45) is 0 Å². The minimum Gasteiger partial charge on any atom is -0.478 e. The normalized spacial score (nSPS) is 11.4. The number of ether oxygens (including phenoxy) is 1. The Morgan fingerprint density at radius 1 is 1.47 bits per heavy atom. The van der Waals surface area contributed by atoms with Crippen molar-refractivity contribution in [3.8, 4) is 0 Å². The van der Waals surface area contributed by atoms with Crippen molar-refractivity contribution in [2.45, 2.75) is 6.73 Å². The number of carboxylic acid groups (broad SMARTS) is 1. The Bertz CT molecular complexity index is 569. The molecule has 0 saturated heterocycles. The van der Waals surface area contributed by atoms with Crippen LogP contribution in [0.15, 0.2) is 36.5 Å². The summed E-state index contributed by atoms with van der Waals surface area (Å²) in [5.41, 5.74) is 1.90. The van der Waals surface area contributed by atoms with E-state index < -0.39 is 5.97 Å². The first kappa shape index (κ1) is 11.4. The number of aromatic nitrogens is 1. The summed E-state index contributed by atoms with van der Waals surface area (Å²) in [7, 11) is 1.63. The molecule has 88 valence electrons. The van der Waals surface area contributed by atoms with Crippen molar-refractivity contribution in [2.75, 3.05) is 7.11 Å². The predicted molar refractivity (Wildman–Crippen MR) is 65.6 cm³/mol. The molecule has 1 heterocycles. The molecule has 0 bridgehead atoms. The molecule has 0 spiro atoms. The Kier molecular flexibility index (Phi) is 3.25. The Hall–Kier alpha value is -2.07. The van der Waals surface area contributed by atoms with Crippen LogP contribution < -0.4 is 0 Å². The molecule has 1 aromatic carbocycles. The molecule has 0 unspecified atom stereocenters. The molecule has 0 fully saturated rings. The van der Waals surface area contributed by atoms with Crippen LogP contribution in [0.1, 0.15) is 5.56 Å². The lowest BCUT2D eigenvalue weighted by Gasteiger charge is -2.01. The van der Waals surface area contributed by atoms with Crippen LogP contribution in [-0.4, -0.2) is 22.8 Å². The first-order valence-corrected chi connectivity index (χ1v) is 5.20. The first-order valence-electron chi connectivity index (χ1n) is 5.20. The van der Waals surface area contributed by atoms with E-state index in [0.29, 0.717) is 6.73 Å². The van der Waals surface area contributed by atoms with E-state index in [1.54, 1.807) is 13.2 Å². The number of para-hydroxylation sites is 1. The standard InChI is InChI=1S/C13H13NO3/c1-17-9-14-8-10(6-7-13(15)16)11-4-2-3-5-12(11)14/h2-8H,9H2,1H3,(H,15,16)/b7-6+. The monoisotopic (exact) mass is 231 g/mol. The van der Waals surface area contributed by atoms with Crippen LogP contribution >= 0.6 is 0 Å². The third kappa shape index (κ3) is 2.37. The minimum absolute atomic E-state index is 0.446. The summed E-state index contributed by atoms with van der Waals surface area (Å²) in [6.07, 6.45) is 4.61. The highest BCUT2D eigenvalue weighted by molar-refractivity contribution is 5.93. The summed E-state index contributed by atoms with van der Waals surface area (Å²) in [6.45, 7) is 0.446. The van der Waals surface area contributed by atoms with Crippen molar-refractivity contribution >= 4 is 22.9 Å². The summed E-state index contributed by atoms with van der Waals surface area (Å²) in [6, 6.07) is 7.81. The second-order valence-corrected chi connectivity index (χ2v) is 3.66. The molecule has 4 heteroatoms. The number of benzene rings is 1. The third-order valence-electron chi connectivity index (χ3n) is 2.49. The first-order chi connectivity index (χ1) is 8.22. The van der Waals surface area contributed by atoms with Gasteiger partial charge < -0.3 is 14.4 Å². The van der Waals surface area contributed by atoms with Crippen LogP contribution in [0.5, 0.6) is 0 Å². The number of rotatable bonds is 4. The molecule has 0 saturated carbocycles. The number of carboxylic acids is 1. The maximum Gasteiger partial charge on any atom is 0.328 e. The number of methoxy groups -OCH3 is 1. The zero-order valence-corrected chi connectivity index (χ0v) is 9.46. The van der Waals surface area contributed by atoms with Crippen LogP contribution in [0.3, 0.4) is 0 Å². The van der Waals surface area contributed by atoms with Gasteiger partial charge in [-0.25, -0.2) is 4.79 Å². The molecular weight excluding hydrogens is 218 g/mol. The second kappa shape index (κ2) is 4.84. The zero-order chi connectivity index (χ0) is 12.3. The van der Waals surface area contributed by atoms with E-state index in [1.165, 1.54) is 0 Å². The number of aliphatic carboxylic acids is 1. The number of carbonyl (C=O) groups is 1. The molecule has 0 amide bonds. The Labute approximate surface area is 98.7 Å². The van der Waals surface area contributed by atoms with Crippen molar-refractivity contribution < 1.29 is 14.6 Å². The van der Waals surface area contributed by atoms with Gasteiger partial charge in [-0.05, 0) is 12.1 Å². The van der Waals surface area contributed by atoms with Gasteiger partial charge in [-0.3, -0.25) is 0 Å². The van der Waals surface area contributed by atoms with Crippen molar-refractivity contribution in [3.05, 3.63) is 42.1 Å². The molecule has 17 heavy (non-hydrogen) atoms. The van der Waals surface area contributed by atoms with E-state index in [-0.39, 0.29) is 0 Å². The predicted octanol–water partition coefficient (Wildman–Crippen LogP) is 2.34. The van der Waals surface area contributed by atoms with Crippen molar-refractivity contribution in [3.63, 3.8) is 0 Å². The summed E-state index contributed by atoms with van der Waals surface area (Å²) in [5.74, 6) is -0.950. The van der Waals surface area contributed by atoms with E-state index in [0.717, 1.165) is 22.5 Å². The quantitative estimate of drug-likeness (QED) is 0.822. The molecule has 2 rings (SSSR count). The van der Waals surface area contributed by atoms with Gasteiger partial charge in [0.15, 0.2) is 0 Å². The third-order valence-corrected chi connectivity index (χ3v) is 2.49. The largest absolute Gasteiger partial charge is 0.478 e. The van der Waals surface area contributed by atoms with Crippen molar-refractivity contribution in [1.29, 1.82) is 0 Å². The Balaban J connectivity index is 2.52. The fourth-order valence-electron chi connectivity index (χ4n) is 1.81. The maximum atomic E-state index is 10.5. The van der Waals surface area contributed by atoms with Crippen LogP contribution in [0.25, 0.3) is 17.0 Å². The van der Waals surface area contributed by atoms with E-state index in [9.17, 15) is 4.79 Å². The fourth-order valence-corrected chi connectivity index (χ4v) is 1.81.